The van der Waals surface area contributed by atoms with Crippen molar-refractivity contribution in [2.45, 2.75) is 83.2 Å². The van der Waals surface area contributed by atoms with Crippen LogP contribution in [0.5, 0.6) is 0 Å². The molecular weight excluding hydrogens is 305 g/mol. The highest BCUT2D eigenvalue weighted by Gasteiger charge is 2.38. The molecule has 0 spiro atoms. The van der Waals surface area contributed by atoms with Gasteiger partial charge in [-0.15, -0.1) is 23.2 Å². The molecule has 0 aromatic carbocycles. The summed E-state index contributed by atoms with van der Waals surface area (Å²) in [6, 6.07) is 0.110. The first-order chi connectivity index (χ1) is 9.58. The second-order valence-corrected chi connectivity index (χ2v) is 8.20. The van der Waals surface area contributed by atoms with E-state index in [1.165, 1.54) is 0 Å². The van der Waals surface area contributed by atoms with Crippen LogP contribution in [0, 0.1) is 17.8 Å². The van der Waals surface area contributed by atoms with Crippen molar-refractivity contribution in [3.05, 3.63) is 0 Å². The molecule has 0 rings (SSSR count). The van der Waals surface area contributed by atoms with Crippen molar-refractivity contribution in [2.24, 2.45) is 23.5 Å². The van der Waals surface area contributed by atoms with Crippen LogP contribution in [0.2, 0.25) is 0 Å². The molecule has 0 aliphatic heterocycles. The topological polar surface area (TPSA) is 35.2 Å². The number of alkyl halides is 2. The maximum atomic E-state index is 6.87. The number of hydrogen-bond acceptors (Lipinski definition) is 2. The van der Waals surface area contributed by atoms with Crippen molar-refractivity contribution in [1.82, 2.24) is 0 Å². The lowest BCUT2D eigenvalue weighted by molar-refractivity contribution is 0.0667. The minimum Gasteiger partial charge on any atom is -0.381 e. The van der Waals surface area contributed by atoms with Gasteiger partial charge in [0, 0.05) is 23.4 Å². The van der Waals surface area contributed by atoms with E-state index in [2.05, 4.69) is 34.6 Å². The van der Waals surface area contributed by atoms with E-state index in [9.17, 15) is 0 Å². The Labute approximate surface area is 142 Å². The third-order valence-corrected chi connectivity index (χ3v) is 6.54. The first-order valence-electron chi connectivity index (χ1n) is 8.20. The van der Waals surface area contributed by atoms with Crippen molar-refractivity contribution in [3.63, 3.8) is 0 Å². The molecule has 0 saturated heterocycles. The number of halogens is 2. The van der Waals surface area contributed by atoms with Crippen LogP contribution >= 0.6 is 23.2 Å². The lowest BCUT2D eigenvalue weighted by Gasteiger charge is -2.39. The zero-order valence-electron chi connectivity index (χ0n) is 14.8. The number of ether oxygens (including phenoxy) is 1. The second-order valence-electron chi connectivity index (χ2n) is 6.89. The molecule has 0 heterocycles. The molecule has 0 bridgehead atoms. The molecule has 0 aromatic heterocycles. The summed E-state index contributed by atoms with van der Waals surface area (Å²) in [4.78, 5) is -0.267. The lowest BCUT2D eigenvalue weighted by atomic mass is 9.75. The minimum atomic E-state index is -0.267. The molecule has 7 atom stereocenters. The van der Waals surface area contributed by atoms with Gasteiger partial charge in [0.05, 0.1) is 6.10 Å². The SMILES string of the molecule is CCC(Cl)(CC(C)N)C(C)C(C)C(Cl)CC(C)C(C)OC. The Morgan fingerprint density at radius 1 is 1.14 bits per heavy atom. The predicted octanol–water partition coefficient (Wildman–Crippen LogP) is 5.05. The summed E-state index contributed by atoms with van der Waals surface area (Å²) in [6.45, 7) is 12.9. The Morgan fingerprint density at radius 2 is 1.67 bits per heavy atom. The van der Waals surface area contributed by atoms with Gasteiger partial charge in [0.15, 0.2) is 0 Å². The lowest BCUT2D eigenvalue weighted by Crippen LogP contribution is -2.41. The van der Waals surface area contributed by atoms with E-state index in [0.717, 1.165) is 19.3 Å². The molecular formula is C17H35Cl2NO. The van der Waals surface area contributed by atoms with Crippen molar-refractivity contribution in [2.75, 3.05) is 7.11 Å². The van der Waals surface area contributed by atoms with E-state index in [1.807, 2.05) is 6.92 Å². The first-order valence-corrected chi connectivity index (χ1v) is 9.01. The molecule has 2 N–H and O–H groups in total. The summed E-state index contributed by atoms with van der Waals surface area (Å²) in [5, 5.41) is 0.102. The molecule has 0 aromatic rings. The van der Waals surface area contributed by atoms with Crippen LogP contribution in [0.15, 0.2) is 0 Å². The third kappa shape index (κ3) is 6.64. The molecule has 0 aliphatic carbocycles. The van der Waals surface area contributed by atoms with Crippen LogP contribution in [0.1, 0.15) is 60.8 Å². The van der Waals surface area contributed by atoms with Gasteiger partial charge in [-0.1, -0.05) is 27.7 Å². The largest absolute Gasteiger partial charge is 0.381 e. The summed E-state index contributed by atoms with van der Waals surface area (Å²) < 4.78 is 5.39. The van der Waals surface area contributed by atoms with Crippen LogP contribution in [0.4, 0.5) is 0 Å². The van der Waals surface area contributed by atoms with Gasteiger partial charge in [-0.2, -0.15) is 0 Å². The average Bonchev–Trinajstić information content (AvgIpc) is 2.43. The van der Waals surface area contributed by atoms with Crippen molar-refractivity contribution < 1.29 is 4.74 Å². The first kappa shape index (κ1) is 21.5. The summed E-state index contributed by atoms with van der Waals surface area (Å²) >= 11 is 13.5. The number of hydrogen-bond donors (Lipinski definition) is 1. The smallest absolute Gasteiger partial charge is 0.0569 e. The van der Waals surface area contributed by atoms with Crippen molar-refractivity contribution >= 4 is 23.2 Å². The highest BCUT2D eigenvalue weighted by atomic mass is 35.5. The second kappa shape index (κ2) is 9.60. The fourth-order valence-corrected chi connectivity index (χ4v) is 3.91. The molecule has 7 unspecified atom stereocenters. The van der Waals surface area contributed by atoms with E-state index < -0.39 is 0 Å². The quantitative estimate of drug-likeness (QED) is 0.565. The third-order valence-electron chi connectivity index (χ3n) is 5.19. The van der Waals surface area contributed by atoms with Crippen LogP contribution in [0.3, 0.4) is 0 Å². The maximum Gasteiger partial charge on any atom is 0.0569 e. The fourth-order valence-electron chi connectivity index (χ4n) is 2.97. The van der Waals surface area contributed by atoms with E-state index in [0.29, 0.717) is 17.8 Å². The average molecular weight is 340 g/mol. The minimum absolute atomic E-state index is 0.102. The Hall–Kier alpha value is 0.500. The monoisotopic (exact) mass is 339 g/mol. The van der Waals surface area contributed by atoms with Crippen molar-refractivity contribution in [1.29, 1.82) is 0 Å². The van der Waals surface area contributed by atoms with Crippen LogP contribution < -0.4 is 5.73 Å². The zero-order chi connectivity index (χ0) is 16.8. The molecule has 0 fully saturated rings. The standard InChI is InChI=1S/C17H35Cl2NO/c1-8-17(19,10-12(3)20)14(5)13(4)16(18)9-11(2)15(6)21-7/h11-16H,8-10,20H2,1-7H3. The van der Waals surface area contributed by atoms with Gasteiger partial charge in [-0.05, 0) is 50.9 Å². The van der Waals surface area contributed by atoms with Crippen LogP contribution in [-0.2, 0) is 4.74 Å². The van der Waals surface area contributed by atoms with Crippen LogP contribution in [-0.4, -0.2) is 29.5 Å². The molecule has 0 aliphatic rings. The van der Waals surface area contributed by atoms with Gasteiger partial charge in [0.2, 0.25) is 0 Å². The Morgan fingerprint density at radius 3 is 2.05 bits per heavy atom. The van der Waals surface area contributed by atoms with Gasteiger partial charge in [-0.3, -0.25) is 0 Å². The summed E-state index contributed by atoms with van der Waals surface area (Å²) in [7, 11) is 1.75. The molecule has 2 nitrogen and oxygen atoms in total. The predicted molar refractivity (Wildman–Crippen MR) is 95.4 cm³/mol. The Kier molecular flexibility index (Phi) is 9.83. The van der Waals surface area contributed by atoms with E-state index in [1.54, 1.807) is 7.11 Å². The Balaban J connectivity index is 4.76. The molecule has 0 amide bonds. The van der Waals surface area contributed by atoms with E-state index >= 15 is 0 Å². The summed E-state index contributed by atoms with van der Waals surface area (Å²) in [5.74, 6) is 1.10. The van der Waals surface area contributed by atoms with Crippen LogP contribution in [0.25, 0.3) is 0 Å². The Bertz CT molecular complexity index is 288. The molecule has 0 radical (unpaired) electrons. The van der Waals surface area contributed by atoms with Gasteiger partial charge in [0.1, 0.15) is 0 Å². The fraction of sp³-hybridized carbons (Fsp3) is 1.00. The highest BCUT2D eigenvalue weighted by molar-refractivity contribution is 6.24. The molecule has 128 valence electrons. The van der Waals surface area contributed by atoms with Gasteiger partial charge < -0.3 is 10.5 Å². The normalized spacial score (nSPS) is 23.7. The molecule has 4 heteroatoms. The van der Waals surface area contributed by atoms with Gasteiger partial charge in [-0.25, -0.2) is 0 Å². The maximum absolute atomic E-state index is 6.87. The zero-order valence-corrected chi connectivity index (χ0v) is 16.3. The summed E-state index contributed by atoms with van der Waals surface area (Å²) in [6.07, 6.45) is 2.90. The van der Waals surface area contributed by atoms with E-state index in [-0.39, 0.29) is 22.4 Å². The van der Waals surface area contributed by atoms with Gasteiger partial charge in [0.25, 0.3) is 0 Å². The highest BCUT2D eigenvalue weighted by Crippen LogP contribution is 2.41. The van der Waals surface area contributed by atoms with E-state index in [4.69, 9.17) is 33.7 Å². The molecule has 21 heavy (non-hydrogen) atoms. The van der Waals surface area contributed by atoms with Gasteiger partial charge >= 0.3 is 0 Å². The summed E-state index contributed by atoms with van der Waals surface area (Å²) in [5.41, 5.74) is 5.97. The molecule has 0 saturated carbocycles. The number of rotatable bonds is 10. The van der Waals surface area contributed by atoms with Crippen molar-refractivity contribution in [3.8, 4) is 0 Å². The number of nitrogens with two attached hydrogens (primary N) is 1. The number of methoxy groups -OCH3 is 1.